The molecule has 1 atom stereocenters. The second-order valence-electron chi connectivity index (χ2n) is 4.13. The first-order valence-corrected chi connectivity index (χ1v) is 5.28. The van der Waals surface area contributed by atoms with Gasteiger partial charge in [-0.15, -0.1) is 0 Å². The molecule has 0 saturated carbocycles. The summed E-state index contributed by atoms with van der Waals surface area (Å²) in [7, 11) is 0. The summed E-state index contributed by atoms with van der Waals surface area (Å²) in [6.07, 6.45) is 5.38. The van der Waals surface area contributed by atoms with Crippen molar-refractivity contribution in [2.24, 2.45) is 11.8 Å². The summed E-state index contributed by atoms with van der Waals surface area (Å²) in [5.41, 5.74) is 1.42. The van der Waals surface area contributed by atoms with Crippen molar-refractivity contribution in [1.82, 2.24) is 0 Å². The topological polar surface area (TPSA) is 0 Å². The van der Waals surface area contributed by atoms with Gasteiger partial charge in [-0.3, -0.25) is 0 Å². The SMILES string of the molecule is C=C(C(C)C)C(C)CCCCC. The average molecular weight is 168 g/mol. The van der Waals surface area contributed by atoms with E-state index in [2.05, 4.69) is 34.3 Å². The number of allylic oxidation sites excluding steroid dienone is 1. The Morgan fingerprint density at radius 1 is 1.17 bits per heavy atom. The van der Waals surface area contributed by atoms with Gasteiger partial charge in [0.05, 0.1) is 0 Å². The zero-order valence-corrected chi connectivity index (χ0v) is 9.19. The smallest absolute Gasteiger partial charge is 0.0232 e. The largest absolute Gasteiger partial charge is 0.0993 e. The van der Waals surface area contributed by atoms with E-state index in [0.717, 1.165) is 5.92 Å². The maximum Gasteiger partial charge on any atom is -0.0232 e. The Morgan fingerprint density at radius 3 is 2.17 bits per heavy atom. The fourth-order valence-corrected chi connectivity index (χ4v) is 1.45. The van der Waals surface area contributed by atoms with Gasteiger partial charge in [-0.25, -0.2) is 0 Å². The van der Waals surface area contributed by atoms with E-state index in [9.17, 15) is 0 Å². The molecular formula is C12H24. The van der Waals surface area contributed by atoms with Gasteiger partial charge < -0.3 is 0 Å². The molecule has 12 heavy (non-hydrogen) atoms. The third-order valence-corrected chi connectivity index (χ3v) is 2.62. The van der Waals surface area contributed by atoms with Crippen molar-refractivity contribution in [3.63, 3.8) is 0 Å². The summed E-state index contributed by atoms with van der Waals surface area (Å²) in [6, 6.07) is 0. The van der Waals surface area contributed by atoms with Gasteiger partial charge in [0.2, 0.25) is 0 Å². The monoisotopic (exact) mass is 168 g/mol. The van der Waals surface area contributed by atoms with Gasteiger partial charge in [-0.05, 0) is 18.3 Å². The zero-order valence-electron chi connectivity index (χ0n) is 9.19. The van der Waals surface area contributed by atoms with Crippen molar-refractivity contribution < 1.29 is 0 Å². The van der Waals surface area contributed by atoms with E-state index < -0.39 is 0 Å². The van der Waals surface area contributed by atoms with E-state index >= 15 is 0 Å². The molecule has 0 spiro atoms. The number of unbranched alkanes of at least 4 members (excludes halogenated alkanes) is 2. The molecule has 0 heteroatoms. The normalized spacial score (nSPS) is 13.4. The number of rotatable bonds is 6. The zero-order chi connectivity index (χ0) is 9.56. The number of hydrogen-bond donors (Lipinski definition) is 0. The van der Waals surface area contributed by atoms with Crippen LogP contribution in [0.5, 0.6) is 0 Å². The van der Waals surface area contributed by atoms with Crippen LogP contribution < -0.4 is 0 Å². The van der Waals surface area contributed by atoms with Gasteiger partial charge in [0.25, 0.3) is 0 Å². The minimum atomic E-state index is 0.654. The third-order valence-electron chi connectivity index (χ3n) is 2.62. The molecule has 72 valence electrons. The van der Waals surface area contributed by atoms with Crippen LogP contribution in [0.4, 0.5) is 0 Å². The molecule has 0 aromatic carbocycles. The lowest BCUT2D eigenvalue weighted by Gasteiger charge is -2.17. The first-order chi connectivity index (χ1) is 5.59. The Morgan fingerprint density at radius 2 is 1.75 bits per heavy atom. The van der Waals surface area contributed by atoms with Crippen LogP contribution in [0.25, 0.3) is 0 Å². The maximum absolute atomic E-state index is 4.13. The molecular weight excluding hydrogens is 144 g/mol. The summed E-state index contributed by atoms with van der Waals surface area (Å²) in [5, 5.41) is 0. The van der Waals surface area contributed by atoms with E-state index in [1.807, 2.05) is 0 Å². The second-order valence-corrected chi connectivity index (χ2v) is 4.13. The van der Waals surface area contributed by atoms with E-state index in [1.54, 1.807) is 0 Å². The second kappa shape index (κ2) is 6.28. The highest BCUT2D eigenvalue weighted by Gasteiger charge is 2.08. The van der Waals surface area contributed by atoms with Crippen LogP contribution in [0.15, 0.2) is 12.2 Å². The highest BCUT2D eigenvalue weighted by Crippen LogP contribution is 2.22. The van der Waals surface area contributed by atoms with Gasteiger partial charge in [-0.2, -0.15) is 0 Å². The lowest BCUT2D eigenvalue weighted by atomic mass is 9.89. The molecule has 0 amide bonds. The fourth-order valence-electron chi connectivity index (χ4n) is 1.45. The standard InChI is InChI=1S/C12H24/c1-6-7-8-9-11(4)12(5)10(2)3/h10-11H,5-9H2,1-4H3. The van der Waals surface area contributed by atoms with Gasteiger partial charge in [-0.1, -0.05) is 59.1 Å². The van der Waals surface area contributed by atoms with Crippen LogP contribution in [0.2, 0.25) is 0 Å². The molecule has 1 unspecified atom stereocenters. The predicted molar refractivity (Wildman–Crippen MR) is 57.3 cm³/mol. The molecule has 0 aromatic heterocycles. The Hall–Kier alpha value is -0.260. The van der Waals surface area contributed by atoms with Gasteiger partial charge in [0, 0.05) is 0 Å². The fraction of sp³-hybridized carbons (Fsp3) is 0.833. The van der Waals surface area contributed by atoms with Crippen LogP contribution >= 0.6 is 0 Å². The summed E-state index contributed by atoms with van der Waals surface area (Å²) < 4.78 is 0. The molecule has 0 aliphatic heterocycles. The van der Waals surface area contributed by atoms with Crippen LogP contribution in [0.3, 0.4) is 0 Å². The Kier molecular flexibility index (Phi) is 6.14. The van der Waals surface area contributed by atoms with E-state index in [4.69, 9.17) is 0 Å². The van der Waals surface area contributed by atoms with Crippen molar-refractivity contribution in [2.75, 3.05) is 0 Å². The van der Waals surface area contributed by atoms with E-state index in [-0.39, 0.29) is 0 Å². The molecule has 0 aliphatic carbocycles. The summed E-state index contributed by atoms with van der Waals surface area (Å²) in [6.45, 7) is 13.2. The summed E-state index contributed by atoms with van der Waals surface area (Å²) in [4.78, 5) is 0. The van der Waals surface area contributed by atoms with Gasteiger partial charge >= 0.3 is 0 Å². The van der Waals surface area contributed by atoms with Crippen molar-refractivity contribution in [3.8, 4) is 0 Å². The Balaban J connectivity index is 3.57. The molecule has 0 nitrogen and oxygen atoms in total. The quantitative estimate of drug-likeness (QED) is 0.407. The molecule has 0 bridgehead atoms. The molecule has 0 aliphatic rings. The van der Waals surface area contributed by atoms with Crippen molar-refractivity contribution in [1.29, 1.82) is 0 Å². The average Bonchev–Trinajstić information content (AvgIpc) is 2.03. The molecule has 0 aromatic rings. The molecule has 0 radical (unpaired) electrons. The minimum absolute atomic E-state index is 0.654. The first-order valence-electron chi connectivity index (χ1n) is 5.28. The van der Waals surface area contributed by atoms with Crippen LogP contribution in [-0.4, -0.2) is 0 Å². The maximum atomic E-state index is 4.13. The Labute approximate surface area is 78.1 Å². The molecule has 0 N–H and O–H groups in total. The van der Waals surface area contributed by atoms with Crippen molar-refractivity contribution in [2.45, 2.75) is 53.4 Å². The van der Waals surface area contributed by atoms with Crippen LogP contribution in [0, 0.1) is 11.8 Å². The highest BCUT2D eigenvalue weighted by atomic mass is 14.1. The first kappa shape index (κ1) is 11.7. The van der Waals surface area contributed by atoms with Crippen LogP contribution in [-0.2, 0) is 0 Å². The number of hydrogen-bond acceptors (Lipinski definition) is 0. The molecule has 0 heterocycles. The molecule has 0 saturated heterocycles. The highest BCUT2D eigenvalue weighted by molar-refractivity contribution is 5.01. The Bertz CT molecular complexity index is 122. The molecule has 0 fully saturated rings. The molecule has 0 rings (SSSR count). The predicted octanol–water partition coefficient (Wildman–Crippen LogP) is 4.42. The van der Waals surface area contributed by atoms with E-state index in [0.29, 0.717) is 5.92 Å². The van der Waals surface area contributed by atoms with Gasteiger partial charge in [0.1, 0.15) is 0 Å². The van der Waals surface area contributed by atoms with E-state index in [1.165, 1.54) is 31.3 Å². The summed E-state index contributed by atoms with van der Waals surface area (Å²) in [5.74, 6) is 1.37. The lowest BCUT2D eigenvalue weighted by Crippen LogP contribution is -2.04. The van der Waals surface area contributed by atoms with Crippen LogP contribution in [0.1, 0.15) is 53.4 Å². The van der Waals surface area contributed by atoms with Crippen molar-refractivity contribution in [3.05, 3.63) is 12.2 Å². The third kappa shape index (κ3) is 4.58. The lowest BCUT2D eigenvalue weighted by molar-refractivity contribution is 0.512. The van der Waals surface area contributed by atoms with Gasteiger partial charge in [0.15, 0.2) is 0 Å². The van der Waals surface area contributed by atoms with Crippen molar-refractivity contribution >= 4 is 0 Å². The summed E-state index contributed by atoms with van der Waals surface area (Å²) >= 11 is 0. The minimum Gasteiger partial charge on any atom is -0.0993 e.